The molecule has 0 fully saturated rings. The van der Waals surface area contributed by atoms with E-state index in [2.05, 4.69) is 31.1 Å². The maximum Gasteiger partial charge on any atom is 0.389 e. The van der Waals surface area contributed by atoms with Gasteiger partial charge >= 0.3 is 12.1 Å². The zero-order valence-corrected chi connectivity index (χ0v) is 17.6. The molecule has 0 heterocycles. The Morgan fingerprint density at radius 3 is 2.10 bits per heavy atom. The van der Waals surface area contributed by atoms with Crippen molar-refractivity contribution in [1.29, 1.82) is 0 Å². The van der Waals surface area contributed by atoms with Crippen LogP contribution >= 0.6 is 0 Å². The molecule has 0 aliphatic heterocycles. The van der Waals surface area contributed by atoms with Gasteiger partial charge < -0.3 is 9.47 Å². The van der Waals surface area contributed by atoms with Crippen molar-refractivity contribution in [2.24, 2.45) is 0 Å². The molecule has 0 saturated heterocycles. The van der Waals surface area contributed by atoms with Crippen LogP contribution in [0, 0.1) is 11.5 Å². The van der Waals surface area contributed by atoms with Gasteiger partial charge in [-0.2, -0.15) is 13.2 Å². The molecule has 29 heavy (non-hydrogen) atoms. The Hall–Kier alpha value is -2.72. The molecule has 0 amide bonds. The maximum atomic E-state index is 12.2. The van der Waals surface area contributed by atoms with Crippen molar-refractivity contribution in [2.75, 3.05) is 6.61 Å². The second-order valence-corrected chi connectivity index (χ2v) is 12.3. The molecule has 0 N–H and O–H groups in total. The van der Waals surface area contributed by atoms with Gasteiger partial charge in [0.15, 0.2) is 0 Å². The number of ether oxygens (including phenoxy) is 2. The minimum atomic E-state index is -4.18. The van der Waals surface area contributed by atoms with Gasteiger partial charge in [-0.15, -0.1) is 5.54 Å². The minimum Gasteiger partial charge on any atom is -0.494 e. The second-order valence-electron chi connectivity index (χ2n) is 7.51. The quantitative estimate of drug-likeness (QED) is 0.193. The molecule has 0 saturated carbocycles. The van der Waals surface area contributed by atoms with E-state index in [1.807, 2.05) is 0 Å². The van der Waals surface area contributed by atoms with Gasteiger partial charge in [0.25, 0.3) is 0 Å². The minimum absolute atomic E-state index is 0.0454. The van der Waals surface area contributed by atoms with Gasteiger partial charge in [-0.3, -0.25) is 0 Å². The smallest absolute Gasteiger partial charge is 0.389 e. The molecule has 0 spiro atoms. The Morgan fingerprint density at radius 1 is 0.966 bits per heavy atom. The van der Waals surface area contributed by atoms with Crippen molar-refractivity contribution >= 4 is 14.0 Å². The van der Waals surface area contributed by atoms with Crippen LogP contribution < -0.4 is 9.47 Å². The molecule has 2 aromatic rings. The number of halogens is 3. The first kappa shape index (κ1) is 22.6. The number of benzene rings is 2. The molecular formula is C22H23F3O3Si. The van der Waals surface area contributed by atoms with E-state index in [1.54, 1.807) is 24.3 Å². The highest BCUT2D eigenvalue weighted by atomic mass is 28.3. The summed E-state index contributed by atoms with van der Waals surface area (Å²) in [6, 6.07) is 13.0. The van der Waals surface area contributed by atoms with Gasteiger partial charge in [-0.1, -0.05) is 25.6 Å². The lowest BCUT2D eigenvalue weighted by Crippen LogP contribution is -2.16. The van der Waals surface area contributed by atoms with Crippen molar-refractivity contribution in [3.8, 4) is 23.0 Å². The standard InChI is InChI=1S/C22H23F3O3Si/c1-29(2,3)16-13-17-5-9-20(10-6-17)28-21(26)18-7-11-19(12-8-18)27-15-4-14-22(23,24)25/h5-12H,4,14-15H2,1-3H3. The fraction of sp³-hybridized carbons (Fsp3) is 0.318. The molecule has 154 valence electrons. The van der Waals surface area contributed by atoms with Crippen LogP contribution in [0.3, 0.4) is 0 Å². The van der Waals surface area contributed by atoms with Crippen LogP contribution in [0.1, 0.15) is 28.8 Å². The van der Waals surface area contributed by atoms with Crippen molar-refractivity contribution in [3.63, 3.8) is 0 Å². The summed E-state index contributed by atoms with van der Waals surface area (Å²) in [6.45, 7) is 6.44. The van der Waals surface area contributed by atoms with Gasteiger partial charge in [0.2, 0.25) is 0 Å². The van der Waals surface area contributed by atoms with Gasteiger partial charge in [0.05, 0.1) is 12.2 Å². The Bertz CT molecular complexity index is 871. The third-order valence-corrected chi connectivity index (χ3v) is 4.49. The fourth-order valence-corrected chi connectivity index (χ4v) is 2.70. The lowest BCUT2D eigenvalue weighted by Gasteiger charge is -2.09. The summed E-state index contributed by atoms with van der Waals surface area (Å²) in [5.74, 6) is 3.40. The van der Waals surface area contributed by atoms with E-state index in [1.165, 1.54) is 24.3 Å². The molecule has 0 unspecified atom stereocenters. The van der Waals surface area contributed by atoms with Crippen LogP contribution in [0.2, 0.25) is 19.6 Å². The highest BCUT2D eigenvalue weighted by Gasteiger charge is 2.26. The first-order chi connectivity index (χ1) is 13.5. The number of rotatable bonds is 6. The molecule has 0 aliphatic carbocycles. The number of hydrogen-bond donors (Lipinski definition) is 0. The Kier molecular flexibility index (Phi) is 7.51. The molecule has 7 heteroatoms. The van der Waals surface area contributed by atoms with E-state index in [4.69, 9.17) is 9.47 Å². The van der Waals surface area contributed by atoms with Crippen molar-refractivity contribution in [2.45, 2.75) is 38.7 Å². The number of hydrogen-bond acceptors (Lipinski definition) is 3. The van der Waals surface area contributed by atoms with Gasteiger partial charge in [-0.05, 0) is 55.0 Å². The average Bonchev–Trinajstić information content (AvgIpc) is 2.64. The van der Waals surface area contributed by atoms with E-state index in [9.17, 15) is 18.0 Å². The summed E-state index contributed by atoms with van der Waals surface area (Å²) < 4.78 is 46.9. The van der Waals surface area contributed by atoms with Gasteiger partial charge in [-0.25, -0.2) is 4.79 Å². The highest BCUT2D eigenvalue weighted by molar-refractivity contribution is 6.83. The number of carbonyl (C=O) groups is 1. The van der Waals surface area contributed by atoms with Gasteiger partial charge in [0.1, 0.15) is 19.6 Å². The number of esters is 1. The predicted molar refractivity (Wildman–Crippen MR) is 109 cm³/mol. The predicted octanol–water partition coefficient (Wildman–Crippen LogP) is 5.86. The normalized spacial score (nSPS) is 11.4. The molecule has 2 rings (SSSR count). The molecule has 0 aliphatic rings. The summed E-state index contributed by atoms with van der Waals surface area (Å²) in [4.78, 5) is 12.2. The van der Waals surface area contributed by atoms with E-state index < -0.39 is 26.6 Å². The van der Waals surface area contributed by atoms with Crippen LogP contribution in [-0.4, -0.2) is 26.8 Å². The lowest BCUT2D eigenvalue weighted by molar-refractivity contribution is -0.136. The van der Waals surface area contributed by atoms with Crippen LogP contribution in [0.25, 0.3) is 0 Å². The lowest BCUT2D eigenvalue weighted by atomic mass is 10.2. The molecule has 2 aromatic carbocycles. The average molecular weight is 421 g/mol. The number of alkyl halides is 3. The maximum absolute atomic E-state index is 12.2. The van der Waals surface area contributed by atoms with Crippen LogP contribution in [0.15, 0.2) is 48.5 Å². The summed E-state index contributed by atoms with van der Waals surface area (Å²) in [7, 11) is -1.45. The third-order valence-electron chi connectivity index (χ3n) is 3.61. The van der Waals surface area contributed by atoms with Crippen molar-refractivity contribution in [1.82, 2.24) is 0 Å². The Balaban J connectivity index is 1.88. The molecule has 0 bridgehead atoms. The molecule has 3 nitrogen and oxygen atoms in total. The van der Waals surface area contributed by atoms with Crippen LogP contribution in [-0.2, 0) is 0 Å². The Labute approximate surface area is 169 Å². The third kappa shape index (κ3) is 8.88. The van der Waals surface area contributed by atoms with E-state index >= 15 is 0 Å². The first-order valence-electron chi connectivity index (χ1n) is 9.17. The number of carbonyl (C=O) groups excluding carboxylic acids is 1. The zero-order valence-electron chi connectivity index (χ0n) is 16.6. The molecule has 0 atom stereocenters. The summed E-state index contributed by atoms with van der Waals surface area (Å²) >= 11 is 0. The van der Waals surface area contributed by atoms with E-state index in [0.717, 1.165) is 5.56 Å². The molecular weight excluding hydrogens is 397 g/mol. The molecule has 0 radical (unpaired) electrons. The van der Waals surface area contributed by atoms with E-state index in [-0.39, 0.29) is 13.0 Å². The largest absolute Gasteiger partial charge is 0.494 e. The first-order valence-corrected chi connectivity index (χ1v) is 12.7. The topological polar surface area (TPSA) is 35.5 Å². The highest BCUT2D eigenvalue weighted by Crippen LogP contribution is 2.22. The van der Waals surface area contributed by atoms with E-state index in [0.29, 0.717) is 17.1 Å². The summed E-state index contributed by atoms with van der Waals surface area (Å²) in [6.07, 6.45) is -5.19. The SMILES string of the molecule is C[Si](C)(C)C#Cc1ccc(OC(=O)c2ccc(OCCCC(F)(F)F)cc2)cc1. The monoisotopic (exact) mass is 420 g/mol. The van der Waals surface area contributed by atoms with Crippen LogP contribution in [0.5, 0.6) is 11.5 Å². The summed E-state index contributed by atoms with van der Waals surface area (Å²) in [5.41, 5.74) is 4.44. The van der Waals surface area contributed by atoms with Gasteiger partial charge in [0, 0.05) is 12.0 Å². The van der Waals surface area contributed by atoms with Crippen molar-refractivity contribution < 1.29 is 27.4 Å². The second kappa shape index (κ2) is 9.66. The van der Waals surface area contributed by atoms with Crippen LogP contribution in [0.4, 0.5) is 13.2 Å². The summed E-state index contributed by atoms with van der Waals surface area (Å²) in [5, 5.41) is 0. The fourth-order valence-electron chi connectivity index (χ4n) is 2.18. The van der Waals surface area contributed by atoms with Crippen molar-refractivity contribution in [3.05, 3.63) is 59.7 Å². The Morgan fingerprint density at radius 2 is 1.55 bits per heavy atom. The molecule has 0 aromatic heterocycles. The zero-order chi connectivity index (χ0) is 21.5.